The van der Waals surface area contributed by atoms with Gasteiger partial charge in [0.1, 0.15) is 6.10 Å². The highest BCUT2D eigenvalue weighted by atomic mass is 16.6. The molecular weight excluding hydrogens is 186 g/mol. The van der Waals surface area contributed by atoms with Crippen LogP contribution < -0.4 is 0 Å². The van der Waals surface area contributed by atoms with Gasteiger partial charge in [0.05, 0.1) is 26.9 Å². The van der Waals surface area contributed by atoms with Gasteiger partial charge in [-0.3, -0.25) is 0 Å². The normalized spacial score (nSPS) is 12.3. The average molecular weight is 200 g/mol. The quantitative estimate of drug-likeness (QED) is 0.318. The minimum atomic E-state index is -0.477. The van der Waals surface area contributed by atoms with Crippen LogP contribution in [0.1, 0.15) is 6.92 Å². The molecular formula is C7H14B5O3. The fourth-order valence-corrected chi connectivity index (χ4v) is 0.908. The van der Waals surface area contributed by atoms with Gasteiger partial charge in [0.2, 0.25) is 0 Å². The monoisotopic (exact) mass is 201 g/mol. The lowest BCUT2D eigenvalue weighted by Gasteiger charge is -2.19. The fraction of sp³-hybridized carbons (Fsp3) is 1.00. The zero-order chi connectivity index (χ0) is 11.5. The van der Waals surface area contributed by atoms with Gasteiger partial charge >= 0.3 is 0 Å². The van der Waals surface area contributed by atoms with E-state index in [4.69, 9.17) is 37.4 Å². The Morgan fingerprint density at radius 1 is 1.27 bits per heavy atom. The molecule has 0 aromatic rings. The van der Waals surface area contributed by atoms with Crippen molar-refractivity contribution in [3.63, 3.8) is 0 Å². The van der Waals surface area contributed by atoms with E-state index in [-0.39, 0.29) is 12.6 Å². The van der Waals surface area contributed by atoms with E-state index >= 15 is 0 Å². The summed E-state index contributed by atoms with van der Waals surface area (Å²) in [5, 5.41) is 0. The second kappa shape index (κ2) is 10.7. The minimum Gasteiger partial charge on any atom is -0.388 e. The molecule has 0 aromatic carbocycles. The molecule has 0 rings (SSSR count). The summed E-state index contributed by atoms with van der Waals surface area (Å²) < 4.78 is 15.8. The summed E-state index contributed by atoms with van der Waals surface area (Å²) in [6, 6.07) is 0. The van der Waals surface area contributed by atoms with E-state index in [1.165, 1.54) is 7.17 Å². The summed E-state index contributed by atoms with van der Waals surface area (Å²) in [5.74, 6) is 0. The second-order valence-electron chi connectivity index (χ2n) is 3.05. The molecule has 0 heterocycles. The van der Waals surface area contributed by atoms with Crippen LogP contribution in [0.15, 0.2) is 0 Å². The highest BCUT2D eigenvalue weighted by Crippen LogP contribution is 1.95. The Bertz CT molecular complexity index is 138. The molecule has 0 aliphatic carbocycles. The second-order valence-corrected chi connectivity index (χ2v) is 3.05. The van der Waals surface area contributed by atoms with E-state index in [1.807, 2.05) is 6.92 Å². The van der Waals surface area contributed by atoms with Crippen molar-refractivity contribution in [1.29, 1.82) is 0 Å². The van der Waals surface area contributed by atoms with Crippen LogP contribution in [-0.2, 0) is 14.2 Å². The van der Waals surface area contributed by atoms with Gasteiger partial charge in [-0.05, 0) is 6.92 Å². The Labute approximate surface area is 97.5 Å². The van der Waals surface area contributed by atoms with E-state index in [9.17, 15) is 0 Å². The third-order valence-electron chi connectivity index (χ3n) is 1.55. The summed E-state index contributed by atoms with van der Waals surface area (Å²) in [4.78, 5) is 0. The van der Waals surface area contributed by atoms with Crippen molar-refractivity contribution in [2.24, 2.45) is 0 Å². The Balaban J connectivity index is 3.63. The SMILES string of the molecule is [B][B]COCC(COCC)OCB([B])[B]. The molecule has 0 fully saturated rings. The third kappa shape index (κ3) is 10.5. The van der Waals surface area contributed by atoms with E-state index in [0.717, 1.165) is 0 Å². The molecule has 1 unspecified atom stereocenters. The van der Waals surface area contributed by atoms with Crippen LogP contribution >= 0.6 is 0 Å². The standard InChI is InChI=1S/C7H14B5O3/c1-2-13-3-7(4-14-5-11-8)15-6-12(9)10/h7H,2-6H2,1H3. The van der Waals surface area contributed by atoms with Crippen LogP contribution in [0.25, 0.3) is 0 Å². The molecule has 0 aromatic heterocycles. The predicted octanol–water partition coefficient (Wildman–Crippen LogP) is -1.47. The maximum absolute atomic E-state index is 5.40. The number of hydrogen-bond donors (Lipinski definition) is 0. The molecule has 0 aliphatic rings. The van der Waals surface area contributed by atoms with Gasteiger partial charge in [-0.2, -0.15) is 0 Å². The summed E-state index contributed by atoms with van der Waals surface area (Å²) in [7, 11) is 17.4. The Morgan fingerprint density at radius 3 is 2.47 bits per heavy atom. The van der Waals surface area contributed by atoms with Gasteiger partial charge < -0.3 is 14.2 Å². The molecule has 0 saturated heterocycles. The zero-order valence-corrected chi connectivity index (χ0v) is 9.22. The first-order valence-electron chi connectivity index (χ1n) is 5.02. The molecule has 0 amide bonds. The van der Waals surface area contributed by atoms with Gasteiger partial charge in [-0.1, -0.05) is 0 Å². The molecule has 0 saturated carbocycles. The molecule has 0 bridgehead atoms. The maximum Gasteiger partial charge on any atom is 0.103 e. The highest BCUT2D eigenvalue weighted by molar-refractivity contribution is 7.29. The third-order valence-corrected chi connectivity index (χ3v) is 1.55. The van der Waals surface area contributed by atoms with Crippen LogP contribution in [0.5, 0.6) is 0 Å². The molecule has 1 atom stereocenters. The molecule has 0 aliphatic heterocycles. The van der Waals surface area contributed by atoms with Crippen LogP contribution in [-0.4, -0.2) is 75.8 Å². The van der Waals surface area contributed by atoms with E-state index in [2.05, 4.69) is 0 Å². The van der Waals surface area contributed by atoms with Crippen molar-refractivity contribution < 1.29 is 14.2 Å². The molecule has 3 nitrogen and oxygen atoms in total. The van der Waals surface area contributed by atoms with E-state index < -0.39 is 6.49 Å². The molecule has 7 radical (unpaired) electrons. The van der Waals surface area contributed by atoms with Gasteiger partial charge in [0.15, 0.2) is 0 Å². The number of rotatable bonds is 10. The van der Waals surface area contributed by atoms with Gasteiger partial charge in [-0.25, -0.2) is 0 Å². The molecule has 15 heavy (non-hydrogen) atoms. The lowest BCUT2D eigenvalue weighted by Crippen LogP contribution is -2.32. The van der Waals surface area contributed by atoms with Crippen LogP contribution in [0, 0.1) is 0 Å². The van der Waals surface area contributed by atoms with Crippen molar-refractivity contribution in [3.8, 4) is 0 Å². The summed E-state index contributed by atoms with van der Waals surface area (Å²) in [6.07, 6.45) is -0.153. The molecule has 8 heteroatoms. The Morgan fingerprint density at radius 2 is 1.93 bits per heavy atom. The van der Waals surface area contributed by atoms with Crippen LogP contribution in [0.2, 0.25) is 0 Å². The maximum atomic E-state index is 5.40. The fourth-order valence-electron chi connectivity index (χ4n) is 0.908. The molecule has 0 spiro atoms. The molecule has 0 N–H and O–H groups in total. The molecule has 75 valence electrons. The van der Waals surface area contributed by atoms with Crippen molar-refractivity contribution in [2.45, 2.75) is 13.0 Å². The average Bonchev–Trinajstić information content (AvgIpc) is 2.21. The lowest BCUT2D eigenvalue weighted by atomic mass is 9.20. The van der Waals surface area contributed by atoms with Crippen molar-refractivity contribution >= 4 is 36.9 Å². The first-order valence-corrected chi connectivity index (χ1v) is 5.02. The Hall–Kier alpha value is 0.205. The van der Waals surface area contributed by atoms with Crippen molar-refractivity contribution in [1.82, 2.24) is 0 Å². The first-order chi connectivity index (χ1) is 7.20. The topological polar surface area (TPSA) is 27.7 Å². The van der Waals surface area contributed by atoms with Crippen molar-refractivity contribution in [3.05, 3.63) is 0 Å². The van der Waals surface area contributed by atoms with Gasteiger partial charge in [-0.15, -0.1) is 0 Å². The lowest BCUT2D eigenvalue weighted by molar-refractivity contribution is -0.0380. The van der Waals surface area contributed by atoms with Crippen LogP contribution in [0.3, 0.4) is 0 Å². The zero-order valence-electron chi connectivity index (χ0n) is 9.22. The smallest absolute Gasteiger partial charge is 0.103 e. The minimum absolute atomic E-state index is 0.153. The van der Waals surface area contributed by atoms with Crippen LogP contribution in [0.4, 0.5) is 0 Å². The Kier molecular flexibility index (Phi) is 10.9. The van der Waals surface area contributed by atoms with Gasteiger partial charge in [0.25, 0.3) is 0 Å². The summed E-state index contributed by atoms with van der Waals surface area (Å²) in [6.45, 7) is 3.63. The summed E-state index contributed by atoms with van der Waals surface area (Å²) >= 11 is 0. The van der Waals surface area contributed by atoms with E-state index in [0.29, 0.717) is 26.3 Å². The summed E-state index contributed by atoms with van der Waals surface area (Å²) in [5.41, 5.74) is 0. The predicted molar refractivity (Wildman–Crippen MR) is 65.8 cm³/mol. The van der Waals surface area contributed by atoms with Crippen molar-refractivity contribution in [2.75, 3.05) is 32.8 Å². The number of hydrogen-bond acceptors (Lipinski definition) is 3. The van der Waals surface area contributed by atoms with E-state index in [1.54, 1.807) is 0 Å². The number of ether oxygens (including phenoxy) is 3. The van der Waals surface area contributed by atoms with Gasteiger partial charge in [0, 0.05) is 42.8 Å². The first kappa shape index (κ1) is 15.2. The highest BCUT2D eigenvalue weighted by Gasteiger charge is 2.10. The largest absolute Gasteiger partial charge is 0.388 e.